The quantitative estimate of drug-likeness (QED) is 0.913. The lowest BCUT2D eigenvalue weighted by molar-refractivity contribution is 0.255. The van der Waals surface area contributed by atoms with Gasteiger partial charge in [-0.3, -0.25) is 4.57 Å². The van der Waals surface area contributed by atoms with E-state index in [1.54, 1.807) is 0 Å². The van der Waals surface area contributed by atoms with Gasteiger partial charge in [0.2, 0.25) is 0 Å². The van der Waals surface area contributed by atoms with Crippen molar-refractivity contribution in [2.45, 2.75) is 51.0 Å². The van der Waals surface area contributed by atoms with E-state index in [2.05, 4.69) is 33.8 Å². The number of rotatable bonds is 2. The second kappa shape index (κ2) is 5.02. The smallest absolute Gasteiger partial charge is 0.145 e. The molecule has 2 unspecified atom stereocenters. The van der Waals surface area contributed by atoms with Gasteiger partial charge in [0.05, 0.1) is 0 Å². The minimum absolute atomic E-state index is 0.0879. The molecule has 1 aliphatic rings. The summed E-state index contributed by atoms with van der Waals surface area (Å²) in [5.74, 6) is 1.93. The summed E-state index contributed by atoms with van der Waals surface area (Å²) in [6.07, 6.45) is 4.58. The van der Waals surface area contributed by atoms with Gasteiger partial charge >= 0.3 is 0 Å². The van der Waals surface area contributed by atoms with Crippen molar-refractivity contribution in [2.24, 2.45) is 5.73 Å². The first-order valence-electron chi connectivity index (χ1n) is 7.36. The van der Waals surface area contributed by atoms with Crippen LogP contribution in [0.5, 0.6) is 0 Å². The Morgan fingerprint density at radius 1 is 1.20 bits per heavy atom. The van der Waals surface area contributed by atoms with E-state index in [1.165, 1.54) is 12.8 Å². The van der Waals surface area contributed by atoms with E-state index in [0.29, 0.717) is 0 Å². The van der Waals surface area contributed by atoms with E-state index < -0.39 is 0 Å². The monoisotopic (exact) mass is 270 g/mol. The molecule has 2 atom stereocenters. The zero-order valence-electron chi connectivity index (χ0n) is 12.2. The van der Waals surface area contributed by atoms with Crippen LogP contribution in [-0.2, 0) is 5.41 Å². The number of nitrogens with zero attached hydrogens (tertiary/aromatic N) is 3. The predicted octanol–water partition coefficient (Wildman–Crippen LogP) is 2.73. The molecule has 0 aliphatic heterocycles. The van der Waals surface area contributed by atoms with Gasteiger partial charge in [0.25, 0.3) is 0 Å². The fourth-order valence-electron chi connectivity index (χ4n) is 3.26. The van der Waals surface area contributed by atoms with Crippen molar-refractivity contribution in [3.63, 3.8) is 0 Å². The van der Waals surface area contributed by atoms with E-state index >= 15 is 0 Å². The zero-order valence-corrected chi connectivity index (χ0v) is 12.2. The molecule has 1 aliphatic carbocycles. The number of benzene rings is 1. The van der Waals surface area contributed by atoms with Crippen LogP contribution in [0.25, 0.3) is 5.69 Å². The van der Waals surface area contributed by atoms with Gasteiger partial charge in [-0.15, -0.1) is 10.2 Å². The molecule has 4 nitrogen and oxygen atoms in total. The molecule has 106 valence electrons. The number of hydrogen-bond donors (Lipinski definition) is 1. The van der Waals surface area contributed by atoms with E-state index in [1.807, 2.05) is 25.1 Å². The molecule has 0 bridgehead atoms. The van der Waals surface area contributed by atoms with Crippen LogP contribution in [0.3, 0.4) is 0 Å². The van der Waals surface area contributed by atoms with Crippen LogP contribution >= 0.6 is 0 Å². The third kappa shape index (κ3) is 2.04. The fourth-order valence-corrected chi connectivity index (χ4v) is 3.26. The van der Waals surface area contributed by atoms with Gasteiger partial charge in [-0.25, -0.2) is 0 Å². The van der Waals surface area contributed by atoms with Crippen molar-refractivity contribution in [2.75, 3.05) is 0 Å². The topological polar surface area (TPSA) is 56.7 Å². The number of hydrogen-bond acceptors (Lipinski definition) is 3. The largest absolute Gasteiger partial charge is 0.327 e. The number of para-hydroxylation sites is 1. The second-order valence-corrected chi connectivity index (χ2v) is 6.01. The maximum Gasteiger partial charge on any atom is 0.145 e. The Morgan fingerprint density at radius 3 is 2.65 bits per heavy atom. The van der Waals surface area contributed by atoms with Crippen LogP contribution in [0.4, 0.5) is 0 Å². The number of aryl methyl sites for hydroxylation is 1. The Morgan fingerprint density at radius 2 is 1.95 bits per heavy atom. The molecule has 1 aromatic carbocycles. The first kappa shape index (κ1) is 13.3. The number of nitrogens with two attached hydrogens (primary N) is 1. The third-order valence-electron chi connectivity index (χ3n) is 4.63. The molecule has 1 fully saturated rings. The lowest BCUT2D eigenvalue weighted by atomic mass is 9.71. The molecule has 0 radical (unpaired) electrons. The molecular formula is C16H22N4. The van der Waals surface area contributed by atoms with Crippen LogP contribution < -0.4 is 5.73 Å². The van der Waals surface area contributed by atoms with Gasteiger partial charge in [0.1, 0.15) is 11.6 Å². The molecule has 1 saturated carbocycles. The molecule has 1 aromatic heterocycles. The van der Waals surface area contributed by atoms with E-state index in [-0.39, 0.29) is 11.5 Å². The summed E-state index contributed by atoms with van der Waals surface area (Å²) in [7, 11) is 0. The summed E-state index contributed by atoms with van der Waals surface area (Å²) in [5, 5.41) is 8.78. The summed E-state index contributed by atoms with van der Waals surface area (Å²) in [4.78, 5) is 0. The van der Waals surface area contributed by atoms with Gasteiger partial charge in [0.15, 0.2) is 0 Å². The van der Waals surface area contributed by atoms with Crippen molar-refractivity contribution in [3.05, 3.63) is 42.0 Å². The first-order chi connectivity index (χ1) is 9.63. The molecule has 1 heterocycles. The van der Waals surface area contributed by atoms with Crippen molar-refractivity contribution in [1.82, 2.24) is 14.8 Å². The molecule has 20 heavy (non-hydrogen) atoms. The highest BCUT2D eigenvalue weighted by atomic mass is 15.3. The first-order valence-corrected chi connectivity index (χ1v) is 7.36. The average molecular weight is 270 g/mol. The van der Waals surface area contributed by atoms with Gasteiger partial charge in [-0.05, 0) is 31.9 Å². The molecule has 2 N–H and O–H groups in total. The number of aromatic nitrogens is 3. The molecule has 3 rings (SSSR count). The lowest BCUT2D eigenvalue weighted by Gasteiger charge is -2.38. The van der Waals surface area contributed by atoms with Crippen molar-refractivity contribution < 1.29 is 0 Å². The average Bonchev–Trinajstić information content (AvgIpc) is 2.86. The Bertz CT molecular complexity index is 590. The summed E-state index contributed by atoms with van der Waals surface area (Å²) < 4.78 is 2.16. The molecule has 2 aromatic rings. The predicted molar refractivity (Wildman–Crippen MR) is 79.9 cm³/mol. The normalized spacial score (nSPS) is 26.6. The maximum atomic E-state index is 6.42. The molecule has 0 saturated heterocycles. The summed E-state index contributed by atoms with van der Waals surface area (Å²) in [6.45, 7) is 4.24. The molecule has 0 amide bonds. The fraction of sp³-hybridized carbons (Fsp3) is 0.500. The highest BCUT2D eigenvalue weighted by molar-refractivity contribution is 5.36. The van der Waals surface area contributed by atoms with Crippen LogP contribution in [0.1, 0.15) is 44.3 Å². The van der Waals surface area contributed by atoms with Crippen molar-refractivity contribution >= 4 is 0 Å². The van der Waals surface area contributed by atoms with Gasteiger partial charge in [-0.2, -0.15) is 0 Å². The second-order valence-electron chi connectivity index (χ2n) is 6.01. The Labute approximate surface area is 120 Å². The van der Waals surface area contributed by atoms with Crippen LogP contribution in [0, 0.1) is 6.92 Å². The Hall–Kier alpha value is -1.68. The molecule has 4 heteroatoms. The van der Waals surface area contributed by atoms with E-state index in [9.17, 15) is 0 Å². The van der Waals surface area contributed by atoms with Crippen molar-refractivity contribution in [1.29, 1.82) is 0 Å². The van der Waals surface area contributed by atoms with Crippen LogP contribution in [0.15, 0.2) is 30.3 Å². The lowest BCUT2D eigenvalue weighted by Crippen LogP contribution is -2.47. The van der Waals surface area contributed by atoms with Gasteiger partial charge < -0.3 is 5.73 Å². The Balaban J connectivity index is 2.11. The highest BCUT2D eigenvalue weighted by Gasteiger charge is 2.40. The molecule has 0 spiro atoms. The highest BCUT2D eigenvalue weighted by Crippen LogP contribution is 2.38. The minimum Gasteiger partial charge on any atom is -0.327 e. The van der Waals surface area contributed by atoms with Gasteiger partial charge in [0, 0.05) is 17.1 Å². The van der Waals surface area contributed by atoms with E-state index in [4.69, 9.17) is 5.73 Å². The summed E-state index contributed by atoms with van der Waals surface area (Å²) in [6, 6.07) is 10.5. The minimum atomic E-state index is -0.0879. The third-order valence-corrected chi connectivity index (χ3v) is 4.63. The standard InChI is InChI=1S/C16H22N4/c1-12-18-19-15(16(2)11-7-6-10-14(16)17)20(12)13-8-4-3-5-9-13/h3-5,8-9,14H,6-7,10-11,17H2,1-2H3. The summed E-state index contributed by atoms with van der Waals surface area (Å²) >= 11 is 0. The van der Waals surface area contributed by atoms with Gasteiger partial charge in [-0.1, -0.05) is 38.0 Å². The zero-order chi connectivity index (χ0) is 14.2. The summed E-state index contributed by atoms with van der Waals surface area (Å²) in [5.41, 5.74) is 7.45. The SMILES string of the molecule is Cc1nnc(C2(C)CCCCC2N)n1-c1ccccc1. The maximum absolute atomic E-state index is 6.42. The Kier molecular flexibility index (Phi) is 3.34. The van der Waals surface area contributed by atoms with Crippen LogP contribution in [-0.4, -0.2) is 20.8 Å². The van der Waals surface area contributed by atoms with E-state index in [0.717, 1.165) is 30.2 Å². The molecular weight excluding hydrogens is 248 g/mol. The van der Waals surface area contributed by atoms with Crippen molar-refractivity contribution in [3.8, 4) is 5.69 Å². The van der Waals surface area contributed by atoms with Crippen LogP contribution in [0.2, 0.25) is 0 Å².